The predicted molar refractivity (Wildman–Crippen MR) is 90.3 cm³/mol. The number of aliphatic imine (C=N–C) groups is 1. The number of nitrogens with zero attached hydrogens (tertiary/aromatic N) is 2. The standard InChI is InChI=1S/C19H16N2O2/c1-14-9-15(12-21(14)17-5-3-2-4-6-17)11-20-16-7-8-18-19(10-16)23-13-22-18/h2-12H,13H2,1H3. The Hall–Kier alpha value is -3.01. The lowest BCUT2D eigenvalue weighted by atomic mass is 10.3. The van der Waals surface area contributed by atoms with Crippen molar-refractivity contribution in [3.05, 3.63) is 72.1 Å². The highest BCUT2D eigenvalue weighted by Crippen LogP contribution is 2.35. The molecule has 0 saturated carbocycles. The highest BCUT2D eigenvalue weighted by atomic mass is 16.7. The van der Waals surface area contributed by atoms with Crippen molar-refractivity contribution in [2.45, 2.75) is 6.92 Å². The Morgan fingerprint density at radius 3 is 2.70 bits per heavy atom. The van der Waals surface area contributed by atoms with E-state index >= 15 is 0 Å². The Bertz CT molecular complexity index is 866. The van der Waals surface area contributed by atoms with Crippen molar-refractivity contribution in [3.63, 3.8) is 0 Å². The molecular formula is C19H16N2O2. The van der Waals surface area contributed by atoms with Crippen LogP contribution in [0.2, 0.25) is 0 Å². The molecule has 1 aliphatic heterocycles. The molecule has 0 fully saturated rings. The first-order chi connectivity index (χ1) is 11.3. The topological polar surface area (TPSA) is 35.8 Å². The Morgan fingerprint density at radius 1 is 1.00 bits per heavy atom. The molecule has 0 saturated heterocycles. The smallest absolute Gasteiger partial charge is 0.231 e. The zero-order valence-corrected chi connectivity index (χ0v) is 12.8. The van der Waals surface area contributed by atoms with Crippen LogP contribution in [0.25, 0.3) is 5.69 Å². The second-order valence-electron chi connectivity index (χ2n) is 5.42. The number of aryl methyl sites for hydroxylation is 1. The van der Waals surface area contributed by atoms with Crippen molar-refractivity contribution >= 4 is 11.9 Å². The van der Waals surface area contributed by atoms with Gasteiger partial charge in [0, 0.05) is 35.4 Å². The highest BCUT2D eigenvalue weighted by Gasteiger charge is 2.12. The number of benzene rings is 2. The van der Waals surface area contributed by atoms with Crippen LogP contribution in [0.1, 0.15) is 11.3 Å². The van der Waals surface area contributed by atoms with Crippen molar-refractivity contribution in [2.75, 3.05) is 6.79 Å². The summed E-state index contributed by atoms with van der Waals surface area (Å²) in [5.41, 5.74) is 4.22. The summed E-state index contributed by atoms with van der Waals surface area (Å²) in [5, 5.41) is 0. The maximum atomic E-state index is 5.37. The average Bonchev–Trinajstić information content (AvgIpc) is 3.19. The monoisotopic (exact) mass is 304 g/mol. The minimum absolute atomic E-state index is 0.279. The van der Waals surface area contributed by atoms with Crippen LogP contribution in [0.15, 0.2) is 65.8 Å². The zero-order valence-electron chi connectivity index (χ0n) is 12.8. The third-order valence-corrected chi connectivity index (χ3v) is 3.79. The molecule has 0 amide bonds. The number of fused-ring (bicyclic) bond motifs is 1. The van der Waals surface area contributed by atoms with Gasteiger partial charge in [-0.25, -0.2) is 0 Å². The van der Waals surface area contributed by atoms with Gasteiger partial charge in [0.15, 0.2) is 11.5 Å². The summed E-state index contributed by atoms with van der Waals surface area (Å²) in [6, 6.07) is 18.1. The van der Waals surface area contributed by atoms with Gasteiger partial charge in [-0.3, -0.25) is 4.99 Å². The molecule has 3 aromatic rings. The zero-order chi connectivity index (χ0) is 15.6. The van der Waals surface area contributed by atoms with Gasteiger partial charge in [-0.15, -0.1) is 0 Å². The van der Waals surface area contributed by atoms with Crippen molar-refractivity contribution in [1.82, 2.24) is 4.57 Å². The largest absolute Gasteiger partial charge is 0.454 e. The van der Waals surface area contributed by atoms with Crippen LogP contribution in [0.5, 0.6) is 11.5 Å². The second-order valence-corrected chi connectivity index (χ2v) is 5.42. The van der Waals surface area contributed by atoms with Crippen LogP contribution in [-0.2, 0) is 0 Å². The van der Waals surface area contributed by atoms with Gasteiger partial charge >= 0.3 is 0 Å². The summed E-state index contributed by atoms with van der Waals surface area (Å²) in [6.45, 7) is 2.37. The number of aromatic nitrogens is 1. The number of ether oxygens (including phenoxy) is 2. The number of rotatable bonds is 3. The quantitative estimate of drug-likeness (QED) is 0.678. The lowest BCUT2D eigenvalue weighted by Gasteiger charge is -2.04. The Balaban J connectivity index is 1.60. The molecule has 0 bridgehead atoms. The lowest BCUT2D eigenvalue weighted by Crippen LogP contribution is -1.93. The first-order valence-corrected chi connectivity index (χ1v) is 7.48. The van der Waals surface area contributed by atoms with Crippen molar-refractivity contribution < 1.29 is 9.47 Å². The molecule has 0 aliphatic carbocycles. The predicted octanol–water partition coefficient (Wildman–Crippen LogP) is 4.27. The minimum Gasteiger partial charge on any atom is -0.454 e. The van der Waals surface area contributed by atoms with Crippen molar-refractivity contribution in [3.8, 4) is 17.2 Å². The van der Waals surface area contributed by atoms with Gasteiger partial charge in [0.05, 0.1) is 5.69 Å². The van der Waals surface area contributed by atoms with Gasteiger partial charge in [-0.2, -0.15) is 0 Å². The van der Waals surface area contributed by atoms with Crippen LogP contribution < -0.4 is 9.47 Å². The van der Waals surface area contributed by atoms with Crippen LogP contribution in [0.4, 0.5) is 5.69 Å². The van der Waals surface area contributed by atoms with E-state index in [9.17, 15) is 0 Å². The normalized spacial score (nSPS) is 12.9. The van der Waals surface area contributed by atoms with E-state index < -0.39 is 0 Å². The second kappa shape index (κ2) is 5.65. The highest BCUT2D eigenvalue weighted by molar-refractivity contribution is 5.82. The molecule has 4 nitrogen and oxygen atoms in total. The van der Waals surface area contributed by atoms with Crippen LogP contribution in [0.3, 0.4) is 0 Å². The fraction of sp³-hybridized carbons (Fsp3) is 0.105. The summed E-state index contributed by atoms with van der Waals surface area (Å²) in [5.74, 6) is 1.52. The molecule has 4 heteroatoms. The molecular weight excluding hydrogens is 288 g/mol. The molecule has 23 heavy (non-hydrogen) atoms. The number of hydrogen-bond acceptors (Lipinski definition) is 3. The molecule has 1 aromatic heterocycles. The van der Waals surface area contributed by atoms with Gasteiger partial charge in [0.25, 0.3) is 0 Å². The average molecular weight is 304 g/mol. The minimum atomic E-state index is 0.279. The van der Waals surface area contributed by atoms with Gasteiger partial charge in [0.1, 0.15) is 0 Å². The molecule has 0 N–H and O–H groups in total. The molecule has 1 aliphatic rings. The summed E-state index contributed by atoms with van der Waals surface area (Å²) >= 11 is 0. The van der Waals surface area contributed by atoms with E-state index in [0.717, 1.165) is 28.4 Å². The van der Waals surface area contributed by atoms with Crippen LogP contribution in [-0.4, -0.2) is 17.6 Å². The molecule has 114 valence electrons. The first-order valence-electron chi connectivity index (χ1n) is 7.48. The van der Waals surface area contributed by atoms with E-state index in [-0.39, 0.29) is 6.79 Å². The summed E-state index contributed by atoms with van der Waals surface area (Å²) < 4.78 is 12.8. The maximum absolute atomic E-state index is 5.37. The van der Waals surface area contributed by atoms with E-state index in [1.807, 2.05) is 42.6 Å². The maximum Gasteiger partial charge on any atom is 0.231 e. The first kappa shape index (κ1) is 13.6. The number of para-hydroxylation sites is 1. The van der Waals surface area contributed by atoms with Gasteiger partial charge in [0.2, 0.25) is 6.79 Å². The van der Waals surface area contributed by atoms with Crippen LogP contribution >= 0.6 is 0 Å². The van der Waals surface area contributed by atoms with Crippen molar-refractivity contribution in [1.29, 1.82) is 0 Å². The van der Waals surface area contributed by atoms with E-state index in [0.29, 0.717) is 0 Å². The Labute approximate surface area is 134 Å². The van der Waals surface area contributed by atoms with E-state index in [2.05, 4.69) is 40.9 Å². The van der Waals surface area contributed by atoms with Gasteiger partial charge in [-0.05, 0) is 37.3 Å². The summed E-state index contributed by atoms with van der Waals surface area (Å²) in [7, 11) is 0. The molecule has 0 unspecified atom stereocenters. The number of hydrogen-bond donors (Lipinski definition) is 0. The van der Waals surface area contributed by atoms with Crippen molar-refractivity contribution in [2.24, 2.45) is 4.99 Å². The molecule has 0 spiro atoms. The Morgan fingerprint density at radius 2 is 1.83 bits per heavy atom. The van der Waals surface area contributed by atoms with Crippen LogP contribution in [0, 0.1) is 6.92 Å². The molecule has 0 radical (unpaired) electrons. The molecule has 0 atom stereocenters. The molecule has 2 heterocycles. The summed E-state index contributed by atoms with van der Waals surface area (Å²) in [4.78, 5) is 4.53. The fourth-order valence-corrected chi connectivity index (χ4v) is 2.65. The Kier molecular flexibility index (Phi) is 3.35. The SMILES string of the molecule is Cc1cc(C=Nc2ccc3c(c2)OCO3)cn1-c1ccccc1. The molecule has 4 rings (SSSR count). The third kappa shape index (κ3) is 2.71. The van der Waals surface area contributed by atoms with E-state index in [4.69, 9.17) is 9.47 Å². The van der Waals surface area contributed by atoms with Gasteiger partial charge < -0.3 is 14.0 Å². The lowest BCUT2D eigenvalue weighted by molar-refractivity contribution is 0.174. The van der Waals surface area contributed by atoms with E-state index in [1.165, 1.54) is 5.69 Å². The third-order valence-electron chi connectivity index (χ3n) is 3.79. The van der Waals surface area contributed by atoms with E-state index in [1.54, 1.807) is 0 Å². The molecule has 2 aromatic carbocycles. The van der Waals surface area contributed by atoms with Gasteiger partial charge in [-0.1, -0.05) is 18.2 Å². The summed E-state index contributed by atoms with van der Waals surface area (Å²) in [6.07, 6.45) is 3.95. The fourth-order valence-electron chi connectivity index (χ4n) is 2.65.